The van der Waals surface area contributed by atoms with Gasteiger partial charge in [0, 0.05) is 55.6 Å². The lowest BCUT2D eigenvalue weighted by Crippen LogP contribution is -2.35. The van der Waals surface area contributed by atoms with Crippen molar-refractivity contribution in [3.05, 3.63) is 47.5 Å². The minimum atomic E-state index is -0.342. The van der Waals surface area contributed by atoms with Gasteiger partial charge in [-0.15, -0.1) is 0 Å². The predicted molar refractivity (Wildman–Crippen MR) is 155 cm³/mol. The molecule has 2 aromatic carbocycles. The molecule has 39 heavy (non-hydrogen) atoms. The zero-order valence-electron chi connectivity index (χ0n) is 24.2. The first-order valence-corrected chi connectivity index (χ1v) is 14.5. The van der Waals surface area contributed by atoms with Crippen LogP contribution in [-0.4, -0.2) is 48.8 Å². The summed E-state index contributed by atoms with van der Waals surface area (Å²) in [6.45, 7) is 11.1. The van der Waals surface area contributed by atoms with Gasteiger partial charge in [0.25, 0.3) is 0 Å². The largest absolute Gasteiger partial charge is 0.497 e. The van der Waals surface area contributed by atoms with Crippen LogP contribution in [0.4, 0.5) is 0 Å². The van der Waals surface area contributed by atoms with Crippen LogP contribution < -0.4 is 18.9 Å². The first kappa shape index (κ1) is 27.4. The Labute approximate surface area is 233 Å². The van der Waals surface area contributed by atoms with Gasteiger partial charge in [0.05, 0.1) is 13.7 Å². The second kappa shape index (κ2) is 11.1. The summed E-state index contributed by atoms with van der Waals surface area (Å²) in [6.07, 6.45) is 7.42. The number of benzene rings is 2. The van der Waals surface area contributed by atoms with E-state index < -0.39 is 0 Å². The summed E-state index contributed by atoms with van der Waals surface area (Å²) in [7, 11) is 1.68. The van der Waals surface area contributed by atoms with E-state index in [-0.39, 0.29) is 11.2 Å². The van der Waals surface area contributed by atoms with Gasteiger partial charge in [-0.3, -0.25) is 4.79 Å². The molecule has 1 amide bonds. The summed E-state index contributed by atoms with van der Waals surface area (Å²) in [5, 5.41) is 0. The number of ether oxygens (including phenoxy) is 4. The molecule has 0 aromatic heterocycles. The lowest BCUT2D eigenvalue weighted by Gasteiger charge is -2.39. The molecule has 6 nitrogen and oxygen atoms in total. The third kappa shape index (κ3) is 6.37. The Kier molecular flexibility index (Phi) is 7.84. The van der Waals surface area contributed by atoms with E-state index >= 15 is 0 Å². The van der Waals surface area contributed by atoms with Gasteiger partial charge in [-0.2, -0.15) is 0 Å². The Morgan fingerprint density at radius 3 is 1.97 bits per heavy atom. The minimum absolute atomic E-state index is 0.308. The highest BCUT2D eigenvalue weighted by Crippen LogP contribution is 2.50. The first-order chi connectivity index (χ1) is 18.6. The molecule has 0 saturated carbocycles. The van der Waals surface area contributed by atoms with Gasteiger partial charge in [-0.05, 0) is 95.2 Å². The van der Waals surface area contributed by atoms with E-state index in [4.69, 9.17) is 18.9 Å². The molecule has 3 aliphatic rings. The van der Waals surface area contributed by atoms with Gasteiger partial charge >= 0.3 is 0 Å². The van der Waals surface area contributed by atoms with Crippen LogP contribution in [-0.2, 0) is 4.79 Å². The number of nitrogens with zero attached hydrogens (tertiary/aromatic N) is 1. The van der Waals surface area contributed by atoms with Crippen LogP contribution in [0.1, 0.15) is 90.2 Å². The van der Waals surface area contributed by atoms with E-state index in [1.807, 2.05) is 23.1 Å². The molecule has 3 aliphatic heterocycles. The molecular weight excluding hydrogens is 490 g/mol. The summed E-state index contributed by atoms with van der Waals surface area (Å²) >= 11 is 0. The number of likely N-dealkylation sites (tertiary alicyclic amines) is 1. The zero-order valence-corrected chi connectivity index (χ0v) is 24.2. The Morgan fingerprint density at radius 2 is 1.38 bits per heavy atom. The molecule has 1 saturated heterocycles. The molecule has 1 fully saturated rings. The van der Waals surface area contributed by atoms with Crippen LogP contribution >= 0.6 is 0 Å². The third-order valence-corrected chi connectivity index (χ3v) is 7.90. The number of hydrogen-bond donors (Lipinski definition) is 0. The van der Waals surface area contributed by atoms with Gasteiger partial charge in [0.15, 0.2) is 0 Å². The number of unbranched alkanes of at least 4 members (excludes halogenated alkanes) is 2. The van der Waals surface area contributed by atoms with Crippen LogP contribution in [0.3, 0.4) is 0 Å². The van der Waals surface area contributed by atoms with E-state index in [0.717, 1.165) is 92.2 Å². The second-order valence-electron chi connectivity index (χ2n) is 12.3. The van der Waals surface area contributed by atoms with Crippen molar-refractivity contribution in [3.8, 4) is 23.0 Å². The molecule has 6 heteroatoms. The topological polar surface area (TPSA) is 57.2 Å². The van der Waals surface area contributed by atoms with Gasteiger partial charge in [0.1, 0.15) is 34.2 Å². The van der Waals surface area contributed by atoms with Crippen LogP contribution in [0.25, 0.3) is 11.1 Å². The van der Waals surface area contributed by atoms with Crippen LogP contribution in [0.2, 0.25) is 0 Å². The lowest BCUT2D eigenvalue weighted by molar-refractivity contribution is -0.130. The lowest BCUT2D eigenvalue weighted by atomic mass is 9.79. The highest BCUT2D eigenvalue weighted by Gasteiger charge is 2.37. The third-order valence-electron chi connectivity index (χ3n) is 7.90. The van der Waals surface area contributed by atoms with Crippen molar-refractivity contribution in [1.29, 1.82) is 0 Å². The van der Waals surface area contributed by atoms with E-state index in [2.05, 4.69) is 45.9 Å². The molecule has 0 radical (unpaired) electrons. The summed E-state index contributed by atoms with van der Waals surface area (Å²) in [5.41, 5.74) is 4.18. The van der Waals surface area contributed by atoms with E-state index in [0.29, 0.717) is 18.9 Å². The molecular formula is C33H43NO5. The highest BCUT2D eigenvalue weighted by atomic mass is 16.5. The minimum Gasteiger partial charge on any atom is -0.497 e. The van der Waals surface area contributed by atoms with Gasteiger partial charge < -0.3 is 23.8 Å². The maximum absolute atomic E-state index is 12.2. The van der Waals surface area contributed by atoms with Crippen LogP contribution in [0, 0.1) is 0 Å². The van der Waals surface area contributed by atoms with Gasteiger partial charge in [-0.25, -0.2) is 0 Å². The maximum atomic E-state index is 12.2. The average Bonchev–Trinajstić information content (AvgIpc) is 3.43. The molecule has 3 heterocycles. The Hall–Kier alpha value is -3.15. The number of fused-ring (bicyclic) bond motifs is 2. The summed E-state index contributed by atoms with van der Waals surface area (Å²) in [5.74, 6) is 3.65. The standard InChI is InChI=1S/C33H43NO5/c1-32(2)21-27(25-14-12-23(36-5)19-29(25)38-32)28-22-33(3,4)39-30-20-24(13-15-26(28)30)37-18-10-6-7-11-31(35)34-16-8-9-17-34/h12-15,19-20H,6-11,16-18,21-22H2,1-5H3/b28-27+. The zero-order chi connectivity index (χ0) is 27.6. The Balaban J connectivity index is 1.30. The fraction of sp³-hybridized carbons (Fsp3) is 0.545. The van der Waals surface area contributed by atoms with E-state index in [1.54, 1.807) is 7.11 Å². The predicted octanol–water partition coefficient (Wildman–Crippen LogP) is 7.29. The first-order valence-electron chi connectivity index (χ1n) is 14.5. The number of rotatable bonds is 8. The summed E-state index contributed by atoms with van der Waals surface area (Å²) in [4.78, 5) is 14.2. The average molecular weight is 534 g/mol. The molecule has 0 bridgehead atoms. The summed E-state index contributed by atoms with van der Waals surface area (Å²) < 4.78 is 24.4. The van der Waals surface area contributed by atoms with Crippen molar-refractivity contribution in [3.63, 3.8) is 0 Å². The van der Waals surface area contributed by atoms with Crippen molar-refractivity contribution >= 4 is 17.1 Å². The molecule has 5 rings (SSSR count). The molecule has 0 unspecified atom stereocenters. The fourth-order valence-electron chi connectivity index (χ4n) is 6.01. The SMILES string of the molecule is COc1ccc2c(c1)OC(C)(C)C/C2=C1/CC(C)(C)Oc2cc(OCCCCCC(=O)N3CCCC3)ccc21. The van der Waals surface area contributed by atoms with Crippen LogP contribution in [0.5, 0.6) is 23.0 Å². The second-order valence-corrected chi connectivity index (χ2v) is 12.3. The fourth-order valence-corrected chi connectivity index (χ4v) is 6.01. The van der Waals surface area contributed by atoms with Crippen molar-refractivity contribution in [2.75, 3.05) is 26.8 Å². The molecule has 2 aromatic rings. The highest BCUT2D eigenvalue weighted by molar-refractivity contribution is 5.96. The van der Waals surface area contributed by atoms with Gasteiger partial charge in [-0.1, -0.05) is 0 Å². The molecule has 0 N–H and O–H groups in total. The molecule has 0 atom stereocenters. The quantitative estimate of drug-likeness (QED) is 0.334. The molecule has 0 spiro atoms. The maximum Gasteiger partial charge on any atom is 0.222 e. The monoisotopic (exact) mass is 533 g/mol. The van der Waals surface area contributed by atoms with E-state index in [9.17, 15) is 4.79 Å². The molecule has 210 valence electrons. The van der Waals surface area contributed by atoms with Crippen LogP contribution in [0.15, 0.2) is 36.4 Å². The number of methoxy groups -OCH3 is 1. The van der Waals surface area contributed by atoms with E-state index in [1.165, 1.54) is 11.1 Å². The van der Waals surface area contributed by atoms with Crippen molar-refractivity contribution < 1.29 is 23.7 Å². The molecule has 0 aliphatic carbocycles. The van der Waals surface area contributed by atoms with Crippen molar-refractivity contribution in [1.82, 2.24) is 4.90 Å². The number of hydrogen-bond acceptors (Lipinski definition) is 5. The normalized spacial score (nSPS) is 20.9. The number of carbonyl (C=O) groups excluding carboxylic acids is 1. The smallest absolute Gasteiger partial charge is 0.222 e. The van der Waals surface area contributed by atoms with Gasteiger partial charge in [0.2, 0.25) is 5.91 Å². The Bertz CT molecular complexity index is 1240. The Morgan fingerprint density at radius 1 is 0.821 bits per heavy atom. The number of amides is 1. The number of carbonyl (C=O) groups is 1. The van der Waals surface area contributed by atoms with Crippen molar-refractivity contribution in [2.45, 2.75) is 90.3 Å². The van der Waals surface area contributed by atoms with Crippen molar-refractivity contribution in [2.24, 2.45) is 0 Å². The summed E-state index contributed by atoms with van der Waals surface area (Å²) in [6, 6.07) is 12.3.